The summed E-state index contributed by atoms with van der Waals surface area (Å²) in [6.07, 6.45) is 1.88. The molecule has 5 nitrogen and oxygen atoms in total. The second-order valence-electron chi connectivity index (χ2n) is 3.99. The molecule has 1 aromatic carbocycles. The lowest BCUT2D eigenvalue weighted by atomic mass is 10.2. The number of nitrogens with one attached hydrogen (secondary N) is 2. The van der Waals surface area contributed by atoms with Gasteiger partial charge in [0.1, 0.15) is 0 Å². The molecule has 7 heteroatoms. The van der Waals surface area contributed by atoms with Crippen LogP contribution >= 0.6 is 23.2 Å². The molecule has 0 unspecified atom stereocenters. The Morgan fingerprint density at radius 2 is 1.94 bits per heavy atom. The van der Waals surface area contributed by atoms with Crippen LogP contribution in [0.5, 0.6) is 0 Å². The number of aromatic carboxylic acids is 1. The van der Waals surface area contributed by atoms with E-state index in [0.29, 0.717) is 0 Å². The van der Waals surface area contributed by atoms with Crippen molar-refractivity contribution in [1.82, 2.24) is 5.32 Å². The molecule has 0 heterocycles. The van der Waals surface area contributed by atoms with Gasteiger partial charge in [-0.15, -0.1) is 0 Å². The highest BCUT2D eigenvalue weighted by molar-refractivity contribution is 6.37. The van der Waals surface area contributed by atoms with Crippen LogP contribution in [0.3, 0.4) is 0 Å². The van der Waals surface area contributed by atoms with E-state index in [-0.39, 0.29) is 27.3 Å². The van der Waals surface area contributed by atoms with Crippen molar-refractivity contribution >= 4 is 40.9 Å². The van der Waals surface area contributed by atoms with Crippen LogP contribution in [0.2, 0.25) is 10.0 Å². The highest BCUT2D eigenvalue weighted by atomic mass is 35.5. The van der Waals surface area contributed by atoms with Crippen LogP contribution in [-0.4, -0.2) is 23.1 Å². The lowest BCUT2D eigenvalue weighted by Crippen LogP contribution is -2.31. The lowest BCUT2D eigenvalue weighted by molar-refractivity contribution is 0.0698. The van der Waals surface area contributed by atoms with Crippen molar-refractivity contribution in [2.45, 2.75) is 18.9 Å². The van der Waals surface area contributed by atoms with E-state index in [1.165, 1.54) is 12.1 Å². The minimum absolute atomic E-state index is 0.0479. The number of hydrogen-bond acceptors (Lipinski definition) is 2. The third-order valence-corrected chi connectivity index (χ3v) is 2.95. The molecule has 1 aliphatic rings. The molecule has 1 aromatic rings. The van der Waals surface area contributed by atoms with E-state index >= 15 is 0 Å². The third kappa shape index (κ3) is 3.05. The minimum atomic E-state index is -1.21. The van der Waals surface area contributed by atoms with E-state index in [2.05, 4.69) is 10.6 Å². The summed E-state index contributed by atoms with van der Waals surface area (Å²) in [7, 11) is 0. The molecule has 0 aliphatic heterocycles. The summed E-state index contributed by atoms with van der Waals surface area (Å²) in [4.78, 5) is 22.6. The van der Waals surface area contributed by atoms with Crippen LogP contribution in [0, 0.1) is 0 Å². The molecule has 0 bridgehead atoms. The Labute approximate surface area is 113 Å². The Hall–Kier alpha value is -1.46. The van der Waals surface area contributed by atoms with Gasteiger partial charge in [0.05, 0.1) is 16.3 Å². The largest absolute Gasteiger partial charge is 0.478 e. The number of benzene rings is 1. The number of hydrogen-bond donors (Lipinski definition) is 3. The maximum absolute atomic E-state index is 11.6. The van der Waals surface area contributed by atoms with E-state index < -0.39 is 12.0 Å². The van der Waals surface area contributed by atoms with Crippen molar-refractivity contribution in [2.75, 3.05) is 5.32 Å². The number of carbonyl (C=O) groups is 2. The highest BCUT2D eigenvalue weighted by Gasteiger charge is 2.24. The smallest absolute Gasteiger partial charge is 0.337 e. The van der Waals surface area contributed by atoms with Crippen molar-refractivity contribution in [3.63, 3.8) is 0 Å². The fourth-order valence-electron chi connectivity index (χ4n) is 1.43. The standard InChI is InChI=1S/C11H10Cl2N2O3/c12-5-3-7(10(16)17)9(8(13)4-5)15-11(18)14-6-1-2-6/h3-4,6H,1-2H2,(H,16,17)(H2,14,15,18). The van der Waals surface area contributed by atoms with Crippen LogP contribution in [0.15, 0.2) is 12.1 Å². The molecule has 0 aromatic heterocycles. The van der Waals surface area contributed by atoms with Gasteiger partial charge >= 0.3 is 12.0 Å². The van der Waals surface area contributed by atoms with Crippen molar-refractivity contribution in [3.05, 3.63) is 27.7 Å². The molecule has 0 saturated heterocycles. The molecular weight excluding hydrogens is 279 g/mol. The van der Waals surface area contributed by atoms with Crippen LogP contribution in [0.4, 0.5) is 10.5 Å². The third-order valence-electron chi connectivity index (χ3n) is 2.44. The lowest BCUT2D eigenvalue weighted by Gasteiger charge is -2.11. The number of amides is 2. The Balaban J connectivity index is 2.24. The van der Waals surface area contributed by atoms with E-state index in [4.69, 9.17) is 28.3 Å². The first kappa shape index (κ1) is 13.0. The van der Waals surface area contributed by atoms with Crippen LogP contribution in [0.25, 0.3) is 0 Å². The molecular formula is C11H10Cl2N2O3. The van der Waals surface area contributed by atoms with Gasteiger partial charge in [-0.1, -0.05) is 23.2 Å². The van der Waals surface area contributed by atoms with Crippen molar-refractivity contribution in [1.29, 1.82) is 0 Å². The normalized spacial score (nSPS) is 14.1. The summed E-state index contributed by atoms with van der Waals surface area (Å²) in [5, 5.41) is 14.4. The van der Waals surface area contributed by atoms with Gasteiger partial charge in [-0.3, -0.25) is 0 Å². The number of halogens is 2. The van der Waals surface area contributed by atoms with Gasteiger partial charge in [0.15, 0.2) is 0 Å². The second-order valence-corrected chi connectivity index (χ2v) is 4.83. The molecule has 1 fully saturated rings. The predicted octanol–water partition coefficient (Wildman–Crippen LogP) is 2.98. The first-order chi connectivity index (χ1) is 8.47. The van der Waals surface area contributed by atoms with Gasteiger partial charge in [0.25, 0.3) is 0 Å². The van der Waals surface area contributed by atoms with E-state index in [9.17, 15) is 9.59 Å². The summed E-state index contributed by atoms with van der Waals surface area (Å²) < 4.78 is 0. The second kappa shape index (κ2) is 5.04. The van der Waals surface area contributed by atoms with Crippen molar-refractivity contribution < 1.29 is 14.7 Å². The van der Waals surface area contributed by atoms with Crippen LogP contribution in [-0.2, 0) is 0 Å². The monoisotopic (exact) mass is 288 g/mol. The number of carbonyl (C=O) groups excluding carboxylic acids is 1. The topological polar surface area (TPSA) is 78.4 Å². The summed E-state index contributed by atoms with van der Waals surface area (Å²) in [6, 6.07) is 2.32. The number of carboxylic acids is 1. The number of rotatable bonds is 3. The Morgan fingerprint density at radius 1 is 1.28 bits per heavy atom. The quantitative estimate of drug-likeness (QED) is 0.800. The summed E-state index contributed by atoms with van der Waals surface area (Å²) >= 11 is 11.6. The Kier molecular flexibility index (Phi) is 3.63. The van der Waals surface area contributed by atoms with E-state index in [0.717, 1.165) is 12.8 Å². The fourth-order valence-corrected chi connectivity index (χ4v) is 1.97. The molecule has 2 rings (SSSR count). The van der Waals surface area contributed by atoms with Gasteiger partial charge < -0.3 is 15.7 Å². The van der Waals surface area contributed by atoms with E-state index in [1.54, 1.807) is 0 Å². The molecule has 2 amide bonds. The SMILES string of the molecule is O=C(Nc1c(Cl)cc(Cl)cc1C(=O)O)NC1CC1. The first-order valence-corrected chi connectivity index (χ1v) is 6.03. The average Bonchev–Trinajstić information content (AvgIpc) is 3.05. The number of anilines is 1. The zero-order valence-electron chi connectivity index (χ0n) is 9.17. The summed E-state index contributed by atoms with van der Waals surface area (Å²) in [5.41, 5.74) is -0.0924. The molecule has 96 valence electrons. The molecule has 1 aliphatic carbocycles. The predicted molar refractivity (Wildman–Crippen MR) is 68.6 cm³/mol. The van der Waals surface area contributed by atoms with Crippen molar-refractivity contribution in [3.8, 4) is 0 Å². The molecule has 18 heavy (non-hydrogen) atoms. The molecule has 3 N–H and O–H groups in total. The van der Waals surface area contributed by atoms with Gasteiger partial charge in [0, 0.05) is 11.1 Å². The van der Waals surface area contributed by atoms with Crippen molar-refractivity contribution in [2.24, 2.45) is 0 Å². The van der Waals surface area contributed by atoms with E-state index in [1.807, 2.05) is 0 Å². The van der Waals surface area contributed by atoms with Gasteiger partial charge in [-0.25, -0.2) is 9.59 Å². The molecule has 0 atom stereocenters. The maximum Gasteiger partial charge on any atom is 0.337 e. The van der Waals surface area contributed by atoms with Crippen LogP contribution in [0.1, 0.15) is 23.2 Å². The Morgan fingerprint density at radius 3 is 2.50 bits per heavy atom. The summed E-state index contributed by atoms with van der Waals surface area (Å²) in [6.45, 7) is 0. The van der Waals surface area contributed by atoms with Gasteiger partial charge in [-0.2, -0.15) is 0 Å². The molecule has 0 radical (unpaired) electrons. The summed E-state index contributed by atoms with van der Waals surface area (Å²) in [5.74, 6) is -1.21. The number of carboxylic acid groups (broad SMARTS) is 1. The zero-order valence-corrected chi connectivity index (χ0v) is 10.7. The maximum atomic E-state index is 11.6. The van der Waals surface area contributed by atoms with Gasteiger partial charge in [-0.05, 0) is 25.0 Å². The van der Waals surface area contributed by atoms with Crippen LogP contribution < -0.4 is 10.6 Å². The molecule has 0 spiro atoms. The fraction of sp³-hybridized carbons (Fsp3) is 0.273. The first-order valence-electron chi connectivity index (χ1n) is 5.27. The minimum Gasteiger partial charge on any atom is -0.478 e. The molecule has 1 saturated carbocycles. The Bertz CT molecular complexity index is 515. The zero-order chi connectivity index (χ0) is 13.3. The number of urea groups is 1. The average molecular weight is 289 g/mol. The highest BCUT2D eigenvalue weighted by Crippen LogP contribution is 2.30. The van der Waals surface area contributed by atoms with Gasteiger partial charge in [0.2, 0.25) is 0 Å².